The Morgan fingerprint density at radius 2 is 2.11 bits per heavy atom. The fourth-order valence-electron chi connectivity index (χ4n) is 4.32. The molecule has 1 atom stereocenters. The van der Waals surface area contributed by atoms with E-state index in [-0.39, 0.29) is 17.2 Å². The topological polar surface area (TPSA) is 56.8 Å². The summed E-state index contributed by atoms with van der Waals surface area (Å²) in [7, 11) is 4.07. The van der Waals surface area contributed by atoms with Gasteiger partial charge in [0.25, 0.3) is 0 Å². The summed E-state index contributed by atoms with van der Waals surface area (Å²) in [4.78, 5) is 35.6. The summed E-state index contributed by atoms with van der Waals surface area (Å²) in [6.07, 6.45) is 6.65. The number of rotatable bonds is 6. The second kappa shape index (κ2) is 8.83. The Bertz CT molecular complexity index is 649. The van der Waals surface area contributed by atoms with Gasteiger partial charge in [0.1, 0.15) is 0 Å². The first-order valence-electron chi connectivity index (χ1n) is 10.1. The number of aromatic nitrogens is 1. The van der Waals surface area contributed by atoms with Crippen LogP contribution < -0.4 is 0 Å². The number of likely N-dealkylation sites (N-methyl/N-ethyl adjacent to an activating group) is 1. The van der Waals surface area contributed by atoms with Crippen molar-refractivity contribution >= 4 is 11.8 Å². The molecule has 0 aliphatic carbocycles. The molecule has 27 heavy (non-hydrogen) atoms. The number of hydrogen-bond donors (Lipinski definition) is 0. The fourth-order valence-corrected chi connectivity index (χ4v) is 4.32. The Balaban J connectivity index is 1.57. The van der Waals surface area contributed by atoms with Crippen LogP contribution in [0.25, 0.3) is 0 Å². The number of pyridine rings is 1. The van der Waals surface area contributed by atoms with E-state index in [2.05, 4.69) is 9.88 Å². The molecule has 3 heterocycles. The molecule has 6 heteroatoms. The predicted octanol–water partition coefficient (Wildman–Crippen LogP) is 1.81. The van der Waals surface area contributed by atoms with Crippen molar-refractivity contribution in [2.24, 2.45) is 5.41 Å². The molecule has 0 saturated carbocycles. The van der Waals surface area contributed by atoms with Gasteiger partial charge in [0.05, 0.1) is 0 Å². The average Bonchev–Trinajstić information content (AvgIpc) is 2.68. The molecule has 2 saturated heterocycles. The van der Waals surface area contributed by atoms with E-state index in [4.69, 9.17) is 0 Å². The summed E-state index contributed by atoms with van der Waals surface area (Å²) >= 11 is 0. The SMILES string of the molecule is CN(C)CCN1CC2(CCCN(C(=O)CCc3ccccn3)C2)CCC1=O. The summed E-state index contributed by atoms with van der Waals surface area (Å²) in [5.41, 5.74) is 1.05. The van der Waals surface area contributed by atoms with E-state index in [1.54, 1.807) is 6.20 Å². The number of carbonyl (C=O) groups is 2. The van der Waals surface area contributed by atoms with E-state index in [1.807, 2.05) is 42.1 Å². The normalized spacial score (nSPS) is 23.3. The first-order valence-corrected chi connectivity index (χ1v) is 10.1. The third kappa shape index (κ3) is 5.28. The predicted molar refractivity (Wildman–Crippen MR) is 105 cm³/mol. The van der Waals surface area contributed by atoms with Crippen LogP contribution in [0.3, 0.4) is 0 Å². The number of hydrogen-bond acceptors (Lipinski definition) is 4. The Hall–Kier alpha value is -1.95. The van der Waals surface area contributed by atoms with E-state index in [1.165, 1.54) is 0 Å². The molecule has 1 unspecified atom stereocenters. The third-order valence-electron chi connectivity index (χ3n) is 5.90. The van der Waals surface area contributed by atoms with Gasteiger partial charge in [-0.25, -0.2) is 0 Å². The van der Waals surface area contributed by atoms with Crippen molar-refractivity contribution in [2.45, 2.75) is 38.5 Å². The zero-order valence-corrected chi connectivity index (χ0v) is 16.7. The molecule has 3 rings (SSSR count). The largest absolute Gasteiger partial charge is 0.342 e. The molecule has 1 aromatic rings. The number of aryl methyl sites for hydroxylation is 1. The molecule has 0 radical (unpaired) electrons. The lowest BCUT2D eigenvalue weighted by atomic mass is 9.73. The fraction of sp³-hybridized carbons (Fsp3) is 0.667. The summed E-state index contributed by atoms with van der Waals surface area (Å²) < 4.78 is 0. The second-order valence-corrected chi connectivity index (χ2v) is 8.36. The highest BCUT2D eigenvalue weighted by Gasteiger charge is 2.42. The highest BCUT2D eigenvalue weighted by Crippen LogP contribution is 2.39. The average molecular weight is 373 g/mol. The van der Waals surface area contributed by atoms with Crippen molar-refractivity contribution < 1.29 is 9.59 Å². The summed E-state index contributed by atoms with van der Waals surface area (Å²) in [6.45, 7) is 4.09. The number of nitrogens with zero attached hydrogens (tertiary/aromatic N) is 4. The number of piperidine rings is 2. The first-order chi connectivity index (χ1) is 13.0. The maximum Gasteiger partial charge on any atom is 0.222 e. The lowest BCUT2D eigenvalue weighted by Gasteiger charge is -2.48. The zero-order chi connectivity index (χ0) is 19.3. The van der Waals surface area contributed by atoms with Gasteiger partial charge in [0, 0.05) is 62.9 Å². The standard InChI is InChI=1S/C21H32N4O2/c1-23(2)14-15-25-17-21(11-9-20(25)27)10-5-13-24(16-21)19(26)8-7-18-6-3-4-12-22-18/h3-4,6,12H,5,7-11,13-17H2,1-2H3. The maximum atomic E-state index is 12.8. The van der Waals surface area contributed by atoms with Crippen molar-refractivity contribution in [1.29, 1.82) is 0 Å². The lowest BCUT2D eigenvalue weighted by molar-refractivity contribution is -0.143. The molecular weight excluding hydrogens is 340 g/mol. The molecule has 2 aliphatic rings. The van der Waals surface area contributed by atoms with E-state index < -0.39 is 0 Å². The van der Waals surface area contributed by atoms with Gasteiger partial charge in [-0.2, -0.15) is 0 Å². The van der Waals surface area contributed by atoms with Crippen LogP contribution in [0.5, 0.6) is 0 Å². The summed E-state index contributed by atoms with van der Waals surface area (Å²) in [5.74, 6) is 0.484. The van der Waals surface area contributed by atoms with Crippen molar-refractivity contribution in [3.05, 3.63) is 30.1 Å². The third-order valence-corrected chi connectivity index (χ3v) is 5.90. The van der Waals surface area contributed by atoms with Crippen LogP contribution >= 0.6 is 0 Å². The molecule has 1 spiro atoms. The Morgan fingerprint density at radius 3 is 2.85 bits per heavy atom. The van der Waals surface area contributed by atoms with Crippen molar-refractivity contribution in [3.8, 4) is 0 Å². The summed E-state index contributed by atoms with van der Waals surface area (Å²) in [6, 6.07) is 5.83. The second-order valence-electron chi connectivity index (χ2n) is 8.36. The van der Waals surface area contributed by atoms with Crippen molar-refractivity contribution in [1.82, 2.24) is 19.7 Å². The van der Waals surface area contributed by atoms with Gasteiger partial charge in [-0.1, -0.05) is 6.07 Å². The van der Waals surface area contributed by atoms with Crippen LogP contribution in [0.4, 0.5) is 0 Å². The Morgan fingerprint density at radius 1 is 1.26 bits per heavy atom. The van der Waals surface area contributed by atoms with Gasteiger partial charge in [0.2, 0.25) is 11.8 Å². The van der Waals surface area contributed by atoms with Crippen LogP contribution in [0, 0.1) is 5.41 Å². The highest BCUT2D eigenvalue weighted by atomic mass is 16.2. The molecule has 0 bridgehead atoms. The molecule has 1 aromatic heterocycles. The number of likely N-dealkylation sites (tertiary alicyclic amines) is 2. The van der Waals surface area contributed by atoms with Crippen LogP contribution in [-0.2, 0) is 16.0 Å². The summed E-state index contributed by atoms with van der Waals surface area (Å²) in [5, 5.41) is 0. The van der Waals surface area contributed by atoms with Gasteiger partial charge in [-0.15, -0.1) is 0 Å². The van der Waals surface area contributed by atoms with Crippen molar-refractivity contribution in [3.63, 3.8) is 0 Å². The van der Waals surface area contributed by atoms with Gasteiger partial charge in [-0.3, -0.25) is 14.6 Å². The monoisotopic (exact) mass is 372 g/mol. The van der Waals surface area contributed by atoms with E-state index >= 15 is 0 Å². The van der Waals surface area contributed by atoms with E-state index in [9.17, 15) is 9.59 Å². The first kappa shape index (κ1) is 19.8. The van der Waals surface area contributed by atoms with Crippen LogP contribution in [-0.4, -0.2) is 78.3 Å². The molecular formula is C21H32N4O2. The van der Waals surface area contributed by atoms with E-state index in [0.29, 0.717) is 19.3 Å². The van der Waals surface area contributed by atoms with Gasteiger partial charge in [-0.05, 0) is 51.9 Å². The maximum absolute atomic E-state index is 12.8. The molecule has 2 amide bonds. The molecule has 6 nitrogen and oxygen atoms in total. The quantitative estimate of drug-likeness (QED) is 0.764. The Kier molecular flexibility index (Phi) is 6.47. The highest BCUT2D eigenvalue weighted by molar-refractivity contribution is 5.78. The Labute approximate surface area is 162 Å². The van der Waals surface area contributed by atoms with Gasteiger partial charge in [0.15, 0.2) is 0 Å². The van der Waals surface area contributed by atoms with E-state index in [0.717, 1.165) is 57.7 Å². The molecule has 0 N–H and O–H groups in total. The van der Waals surface area contributed by atoms with Gasteiger partial charge >= 0.3 is 0 Å². The number of amides is 2. The minimum absolute atomic E-state index is 0.0825. The minimum atomic E-state index is 0.0825. The number of carbonyl (C=O) groups excluding carboxylic acids is 2. The van der Waals surface area contributed by atoms with Crippen LogP contribution in [0.2, 0.25) is 0 Å². The minimum Gasteiger partial charge on any atom is -0.342 e. The molecule has 2 fully saturated rings. The van der Waals surface area contributed by atoms with Crippen LogP contribution in [0.15, 0.2) is 24.4 Å². The molecule has 0 aromatic carbocycles. The molecule has 148 valence electrons. The lowest BCUT2D eigenvalue weighted by Crippen LogP contribution is -2.55. The zero-order valence-electron chi connectivity index (χ0n) is 16.7. The van der Waals surface area contributed by atoms with Crippen molar-refractivity contribution in [2.75, 3.05) is 46.8 Å². The van der Waals surface area contributed by atoms with Crippen LogP contribution in [0.1, 0.15) is 37.8 Å². The molecule has 2 aliphatic heterocycles. The smallest absolute Gasteiger partial charge is 0.222 e. The van der Waals surface area contributed by atoms with Gasteiger partial charge < -0.3 is 14.7 Å².